The third-order valence-electron chi connectivity index (χ3n) is 6.09. The Morgan fingerprint density at radius 1 is 0.974 bits per heavy atom. The summed E-state index contributed by atoms with van der Waals surface area (Å²) in [5.74, 6) is -0.728. The van der Waals surface area contributed by atoms with E-state index in [-0.39, 0.29) is 17.2 Å². The highest BCUT2D eigenvalue weighted by Crippen LogP contribution is 2.38. The molecule has 7 heteroatoms. The zero-order valence-electron chi connectivity index (χ0n) is 22.6. The topological polar surface area (TPSA) is 73.5 Å². The lowest BCUT2D eigenvalue weighted by Gasteiger charge is -2.18. The van der Waals surface area contributed by atoms with Gasteiger partial charge in [-0.25, -0.2) is 4.39 Å². The zero-order valence-corrected chi connectivity index (χ0v) is 22.6. The quantitative estimate of drug-likeness (QED) is 0.329. The Morgan fingerprint density at radius 2 is 1.71 bits per heavy atom. The summed E-state index contributed by atoms with van der Waals surface area (Å²) in [5.41, 5.74) is 5.70. The molecule has 0 spiro atoms. The lowest BCUT2D eigenvalue weighted by atomic mass is 9.92. The number of halogens is 1. The Labute approximate surface area is 223 Å². The molecule has 4 rings (SSSR count). The maximum atomic E-state index is 13.9. The molecule has 0 atom stereocenters. The average molecular weight is 515 g/mol. The molecule has 1 aliphatic rings. The van der Waals surface area contributed by atoms with E-state index in [1.54, 1.807) is 6.07 Å². The van der Waals surface area contributed by atoms with Gasteiger partial charge in [0.15, 0.2) is 0 Å². The summed E-state index contributed by atoms with van der Waals surface area (Å²) in [7, 11) is 4.04. The normalized spacial score (nSPS) is 14.2. The fourth-order valence-corrected chi connectivity index (χ4v) is 4.46. The van der Waals surface area contributed by atoms with Gasteiger partial charge in [0.2, 0.25) is 5.91 Å². The standard InChI is InChI=1S/C31H35FN4O2/c1-31(2,3)17-27(37)33-18-21-7-6-8-22(15-21)29(34-24-12-9-20(10-13-24)19-36(4)5)28-25-14-11-23(32)16-26(25)35-30(28)38/h6-16,34H,17-19H2,1-5H3,(H,33,37)(H,35,38). The van der Waals surface area contributed by atoms with Gasteiger partial charge in [0, 0.05) is 30.8 Å². The van der Waals surface area contributed by atoms with Gasteiger partial charge >= 0.3 is 0 Å². The SMILES string of the molecule is CN(C)Cc1ccc(NC(=C2C(=O)Nc3cc(F)ccc32)c2cccc(CNC(=O)CC(C)(C)C)c2)cc1. The summed E-state index contributed by atoms with van der Waals surface area (Å²) >= 11 is 0. The number of carbonyl (C=O) groups excluding carboxylic acids is 2. The summed E-state index contributed by atoms with van der Waals surface area (Å²) in [4.78, 5) is 27.6. The number of nitrogens with one attached hydrogen (secondary N) is 3. The summed E-state index contributed by atoms with van der Waals surface area (Å²) in [6, 6.07) is 20.1. The van der Waals surface area contributed by atoms with Crippen LogP contribution in [-0.2, 0) is 22.7 Å². The van der Waals surface area contributed by atoms with Gasteiger partial charge in [-0.3, -0.25) is 9.59 Å². The molecule has 2 amide bonds. The van der Waals surface area contributed by atoms with E-state index in [9.17, 15) is 14.0 Å². The second kappa shape index (κ2) is 11.2. The Kier molecular flexibility index (Phi) is 7.97. The molecular formula is C31H35FN4O2. The van der Waals surface area contributed by atoms with Crippen LogP contribution in [0.4, 0.5) is 15.8 Å². The van der Waals surface area contributed by atoms with Crippen molar-refractivity contribution in [1.82, 2.24) is 10.2 Å². The number of carbonyl (C=O) groups is 2. The van der Waals surface area contributed by atoms with Crippen molar-refractivity contribution in [2.24, 2.45) is 5.41 Å². The van der Waals surface area contributed by atoms with Crippen LogP contribution >= 0.6 is 0 Å². The van der Waals surface area contributed by atoms with E-state index in [0.717, 1.165) is 23.4 Å². The molecule has 3 aromatic carbocycles. The van der Waals surface area contributed by atoms with Crippen molar-refractivity contribution in [3.05, 3.63) is 94.8 Å². The first-order valence-corrected chi connectivity index (χ1v) is 12.7. The van der Waals surface area contributed by atoms with Crippen molar-refractivity contribution >= 4 is 34.5 Å². The minimum Gasteiger partial charge on any atom is -0.354 e. The number of benzene rings is 3. The molecule has 3 N–H and O–H groups in total. The van der Waals surface area contributed by atoms with Crippen LogP contribution in [0.3, 0.4) is 0 Å². The molecule has 1 aliphatic heterocycles. The number of hydrogen-bond acceptors (Lipinski definition) is 4. The lowest BCUT2D eigenvalue weighted by Crippen LogP contribution is -2.27. The lowest BCUT2D eigenvalue weighted by molar-refractivity contribution is -0.123. The van der Waals surface area contributed by atoms with Gasteiger partial charge in [0.1, 0.15) is 5.82 Å². The van der Waals surface area contributed by atoms with Gasteiger partial charge in [-0.15, -0.1) is 0 Å². The second-order valence-corrected chi connectivity index (χ2v) is 11.2. The smallest absolute Gasteiger partial charge is 0.258 e. The summed E-state index contributed by atoms with van der Waals surface area (Å²) < 4.78 is 13.9. The summed E-state index contributed by atoms with van der Waals surface area (Å²) in [6.45, 7) is 7.28. The third kappa shape index (κ3) is 6.86. The summed E-state index contributed by atoms with van der Waals surface area (Å²) in [6.07, 6.45) is 0.431. The molecule has 0 saturated carbocycles. The Hall–Kier alpha value is -3.97. The highest BCUT2D eigenvalue weighted by atomic mass is 19.1. The third-order valence-corrected chi connectivity index (χ3v) is 6.09. The Morgan fingerprint density at radius 3 is 2.39 bits per heavy atom. The fraction of sp³-hybridized carbons (Fsp3) is 0.290. The van der Waals surface area contributed by atoms with Crippen LogP contribution in [0.25, 0.3) is 11.3 Å². The molecule has 3 aromatic rings. The van der Waals surface area contributed by atoms with Crippen molar-refractivity contribution in [2.45, 2.75) is 40.3 Å². The highest BCUT2D eigenvalue weighted by molar-refractivity contribution is 6.37. The number of nitrogens with zero attached hydrogens (tertiary/aromatic N) is 1. The largest absolute Gasteiger partial charge is 0.354 e. The van der Waals surface area contributed by atoms with Gasteiger partial charge in [-0.2, -0.15) is 0 Å². The molecule has 0 aliphatic carbocycles. The second-order valence-electron chi connectivity index (χ2n) is 11.2. The van der Waals surface area contributed by atoms with Crippen LogP contribution in [0.1, 0.15) is 49.4 Å². The van der Waals surface area contributed by atoms with Crippen LogP contribution < -0.4 is 16.0 Å². The molecule has 0 bridgehead atoms. The van der Waals surface area contributed by atoms with Crippen molar-refractivity contribution < 1.29 is 14.0 Å². The van der Waals surface area contributed by atoms with Crippen molar-refractivity contribution in [1.29, 1.82) is 0 Å². The Balaban J connectivity index is 1.70. The molecule has 0 aromatic heterocycles. The number of rotatable bonds is 8. The van der Waals surface area contributed by atoms with Crippen LogP contribution in [0, 0.1) is 11.2 Å². The maximum Gasteiger partial charge on any atom is 0.258 e. The van der Waals surface area contributed by atoms with Gasteiger partial charge in [0.05, 0.1) is 17.0 Å². The summed E-state index contributed by atoms with van der Waals surface area (Å²) in [5, 5.41) is 9.24. The minimum absolute atomic E-state index is 0.0106. The molecule has 0 fully saturated rings. The average Bonchev–Trinajstić information content (AvgIpc) is 3.15. The van der Waals surface area contributed by atoms with E-state index in [1.165, 1.54) is 17.7 Å². The van der Waals surface area contributed by atoms with Crippen molar-refractivity contribution in [3.63, 3.8) is 0 Å². The van der Waals surface area contributed by atoms with Crippen molar-refractivity contribution in [3.8, 4) is 0 Å². The minimum atomic E-state index is -0.413. The van der Waals surface area contributed by atoms with E-state index in [0.29, 0.717) is 35.5 Å². The van der Waals surface area contributed by atoms with E-state index in [2.05, 4.69) is 20.9 Å². The molecule has 0 unspecified atom stereocenters. The molecule has 1 heterocycles. The molecule has 0 saturated heterocycles. The fourth-order valence-electron chi connectivity index (χ4n) is 4.46. The van der Waals surface area contributed by atoms with E-state index < -0.39 is 5.82 Å². The van der Waals surface area contributed by atoms with Crippen LogP contribution in [0.15, 0.2) is 66.7 Å². The van der Waals surface area contributed by atoms with Crippen LogP contribution in [-0.4, -0.2) is 30.8 Å². The van der Waals surface area contributed by atoms with Gasteiger partial charge in [0.25, 0.3) is 5.91 Å². The van der Waals surface area contributed by atoms with Crippen LogP contribution in [0.2, 0.25) is 0 Å². The Bertz CT molecular complexity index is 1370. The zero-order chi connectivity index (χ0) is 27.4. The molecule has 38 heavy (non-hydrogen) atoms. The van der Waals surface area contributed by atoms with Gasteiger partial charge in [-0.1, -0.05) is 51.1 Å². The van der Waals surface area contributed by atoms with E-state index in [4.69, 9.17) is 0 Å². The van der Waals surface area contributed by atoms with Gasteiger partial charge < -0.3 is 20.9 Å². The first-order valence-electron chi connectivity index (χ1n) is 12.7. The van der Waals surface area contributed by atoms with E-state index >= 15 is 0 Å². The predicted molar refractivity (Wildman–Crippen MR) is 152 cm³/mol. The molecule has 6 nitrogen and oxygen atoms in total. The highest BCUT2D eigenvalue weighted by Gasteiger charge is 2.29. The van der Waals surface area contributed by atoms with E-state index in [1.807, 2.05) is 83.4 Å². The van der Waals surface area contributed by atoms with Crippen LogP contribution in [0.5, 0.6) is 0 Å². The number of amides is 2. The first-order chi connectivity index (χ1) is 18.0. The monoisotopic (exact) mass is 514 g/mol. The number of fused-ring (bicyclic) bond motifs is 1. The number of hydrogen-bond donors (Lipinski definition) is 3. The molecule has 198 valence electrons. The predicted octanol–water partition coefficient (Wildman–Crippen LogP) is 5.87. The molecular weight excluding hydrogens is 479 g/mol. The molecule has 0 radical (unpaired) electrons. The van der Waals surface area contributed by atoms with Gasteiger partial charge in [-0.05, 0) is 72.6 Å². The maximum absolute atomic E-state index is 13.9. The first kappa shape index (κ1) is 27.1. The van der Waals surface area contributed by atoms with Crippen molar-refractivity contribution in [2.75, 3.05) is 24.7 Å². The number of anilines is 2.